The molecule has 2 fully saturated rings. The molecule has 0 amide bonds. The van der Waals surface area contributed by atoms with Crippen LogP contribution in [0.1, 0.15) is 50.9 Å². The van der Waals surface area contributed by atoms with Crippen LogP contribution in [0.5, 0.6) is 0 Å². The first-order chi connectivity index (χ1) is 13.1. The molecule has 2 atom stereocenters. The highest BCUT2D eigenvalue weighted by atomic mass is 16.6. The van der Waals surface area contributed by atoms with Gasteiger partial charge in [0.1, 0.15) is 5.69 Å². The van der Waals surface area contributed by atoms with Crippen LogP contribution in [-0.2, 0) is 13.1 Å². The van der Waals surface area contributed by atoms with Gasteiger partial charge in [0.15, 0.2) is 0 Å². The Morgan fingerprint density at radius 3 is 2.26 bits per heavy atom. The van der Waals surface area contributed by atoms with Gasteiger partial charge in [-0.15, -0.1) is 5.10 Å². The molecule has 27 heavy (non-hydrogen) atoms. The van der Waals surface area contributed by atoms with Crippen LogP contribution in [0.2, 0.25) is 0 Å². The number of hydrogen-bond acceptors (Lipinski definition) is 8. The summed E-state index contributed by atoms with van der Waals surface area (Å²) in [6.07, 6.45) is 5.08. The zero-order chi connectivity index (χ0) is 18.8. The summed E-state index contributed by atoms with van der Waals surface area (Å²) < 4.78 is 6.51. The number of piperidine rings is 2. The van der Waals surface area contributed by atoms with Gasteiger partial charge in [0.25, 0.3) is 0 Å². The molecule has 0 aromatic carbocycles. The summed E-state index contributed by atoms with van der Waals surface area (Å²) in [7, 11) is 0. The summed E-state index contributed by atoms with van der Waals surface area (Å²) in [5.74, 6) is 2.12. The van der Waals surface area contributed by atoms with Gasteiger partial charge in [0.05, 0.1) is 5.69 Å². The summed E-state index contributed by atoms with van der Waals surface area (Å²) in [6.45, 7) is 10.7. The number of aromatic nitrogens is 5. The molecule has 2 aromatic heterocycles. The molecule has 2 aliphatic heterocycles. The molecule has 4 heterocycles. The lowest BCUT2D eigenvalue weighted by atomic mass is 9.99. The van der Waals surface area contributed by atoms with Gasteiger partial charge in [-0.2, -0.15) is 4.68 Å². The molecular formula is C18H30N8O. The van der Waals surface area contributed by atoms with Crippen LogP contribution in [-0.4, -0.2) is 61.3 Å². The SMILES string of the molecule is CC1CCCN(Cc2nnn(-c3nonc3N)c2CN2CCCC(C)C2)C1. The Hall–Kier alpha value is -2.00. The van der Waals surface area contributed by atoms with Gasteiger partial charge in [-0.25, -0.2) is 4.63 Å². The van der Waals surface area contributed by atoms with Crippen molar-refractivity contribution < 1.29 is 4.63 Å². The molecule has 9 heteroatoms. The third-order valence-corrected chi connectivity index (χ3v) is 5.77. The Bertz CT molecular complexity index is 756. The number of nitrogen functional groups attached to an aromatic ring is 1. The Morgan fingerprint density at radius 2 is 1.67 bits per heavy atom. The van der Waals surface area contributed by atoms with Crippen molar-refractivity contribution in [3.63, 3.8) is 0 Å². The summed E-state index contributed by atoms with van der Waals surface area (Å²) in [5.41, 5.74) is 7.98. The van der Waals surface area contributed by atoms with Crippen molar-refractivity contribution in [2.24, 2.45) is 11.8 Å². The number of likely N-dealkylation sites (tertiary alicyclic amines) is 2. The molecule has 2 aromatic rings. The highest BCUT2D eigenvalue weighted by molar-refractivity contribution is 5.44. The largest absolute Gasteiger partial charge is 0.378 e. The quantitative estimate of drug-likeness (QED) is 0.844. The molecule has 148 valence electrons. The summed E-state index contributed by atoms with van der Waals surface area (Å²) in [4.78, 5) is 4.96. The first-order valence-electron chi connectivity index (χ1n) is 10.1. The van der Waals surface area contributed by atoms with Crippen molar-refractivity contribution in [3.8, 4) is 5.82 Å². The topological polar surface area (TPSA) is 102 Å². The van der Waals surface area contributed by atoms with E-state index in [1.54, 1.807) is 4.68 Å². The van der Waals surface area contributed by atoms with E-state index in [0.29, 0.717) is 11.7 Å². The van der Waals surface area contributed by atoms with Gasteiger partial charge >= 0.3 is 0 Å². The van der Waals surface area contributed by atoms with E-state index in [0.717, 1.165) is 56.6 Å². The summed E-state index contributed by atoms with van der Waals surface area (Å²) in [6, 6.07) is 0. The van der Waals surface area contributed by atoms with Crippen molar-refractivity contribution in [2.75, 3.05) is 31.9 Å². The second kappa shape index (κ2) is 7.93. The maximum Gasteiger partial charge on any atom is 0.243 e. The smallest absolute Gasteiger partial charge is 0.243 e. The standard InChI is InChI=1S/C18H30N8O/c1-13-5-3-7-24(9-13)11-15-16(12-25-8-4-6-14(2)10-25)26(23-20-15)18-17(19)21-27-22-18/h13-14H,3-12H2,1-2H3,(H2,19,21). The minimum absolute atomic E-state index is 0.242. The molecule has 0 radical (unpaired) electrons. The Kier molecular flexibility index (Phi) is 5.40. The van der Waals surface area contributed by atoms with E-state index in [4.69, 9.17) is 10.4 Å². The van der Waals surface area contributed by atoms with E-state index < -0.39 is 0 Å². The number of nitrogens with two attached hydrogens (primary N) is 1. The van der Waals surface area contributed by atoms with E-state index in [1.807, 2.05) is 0 Å². The average molecular weight is 374 g/mol. The fourth-order valence-corrected chi connectivity index (χ4v) is 4.41. The lowest BCUT2D eigenvalue weighted by Gasteiger charge is -2.32. The maximum absolute atomic E-state index is 5.93. The van der Waals surface area contributed by atoms with Crippen molar-refractivity contribution in [1.29, 1.82) is 0 Å². The zero-order valence-electron chi connectivity index (χ0n) is 16.3. The van der Waals surface area contributed by atoms with Crippen LogP contribution in [0.15, 0.2) is 4.63 Å². The molecule has 2 unspecified atom stereocenters. The van der Waals surface area contributed by atoms with Crippen LogP contribution in [0.4, 0.5) is 5.82 Å². The highest BCUT2D eigenvalue weighted by Crippen LogP contribution is 2.24. The highest BCUT2D eigenvalue weighted by Gasteiger charge is 2.26. The fraction of sp³-hybridized carbons (Fsp3) is 0.778. The molecule has 0 saturated carbocycles. The molecule has 2 saturated heterocycles. The Morgan fingerprint density at radius 1 is 1.00 bits per heavy atom. The van der Waals surface area contributed by atoms with Gasteiger partial charge in [0.2, 0.25) is 11.6 Å². The maximum atomic E-state index is 5.93. The van der Waals surface area contributed by atoms with Crippen LogP contribution in [0.25, 0.3) is 5.82 Å². The van der Waals surface area contributed by atoms with E-state index in [9.17, 15) is 0 Å². The van der Waals surface area contributed by atoms with Crippen molar-refractivity contribution in [2.45, 2.75) is 52.6 Å². The molecule has 0 spiro atoms. The summed E-state index contributed by atoms with van der Waals surface area (Å²) in [5, 5.41) is 16.5. The zero-order valence-corrected chi connectivity index (χ0v) is 16.3. The summed E-state index contributed by atoms with van der Waals surface area (Å²) >= 11 is 0. The molecule has 2 N–H and O–H groups in total. The minimum atomic E-state index is 0.242. The van der Waals surface area contributed by atoms with Gasteiger partial charge in [0, 0.05) is 26.2 Å². The van der Waals surface area contributed by atoms with E-state index in [2.05, 4.69) is 44.3 Å². The monoisotopic (exact) mass is 374 g/mol. The van der Waals surface area contributed by atoms with Crippen LogP contribution in [0, 0.1) is 11.8 Å². The number of anilines is 1. The van der Waals surface area contributed by atoms with Gasteiger partial charge in [-0.1, -0.05) is 19.1 Å². The molecule has 0 aliphatic carbocycles. The van der Waals surface area contributed by atoms with Gasteiger partial charge in [-0.3, -0.25) is 9.80 Å². The third kappa shape index (κ3) is 4.14. The second-order valence-corrected chi connectivity index (χ2v) is 8.33. The normalized spacial score (nSPS) is 25.1. The van der Waals surface area contributed by atoms with Crippen molar-refractivity contribution in [3.05, 3.63) is 11.4 Å². The van der Waals surface area contributed by atoms with Crippen LogP contribution in [0.3, 0.4) is 0 Å². The predicted molar refractivity (Wildman–Crippen MR) is 101 cm³/mol. The van der Waals surface area contributed by atoms with Crippen LogP contribution < -0.4 is 5.73 Å². The Labute approximate surface area is 159 Å². The van der Waals surface area contributed by atoms with Crippen molar-refractivity contribution in [1.82, 2.24) is 35.1 Å². The molecule has 2 aliphatic rings. The molecule has 9 nitrogen and oxygen atoms in total. The number of hydrogen-bond donors (Lipinski definition) is 1. The van der Waals surface area contributed by atoms with Gasteiger partial charge in [-0.05, 0) is 60.9 Å². The fourth-order valence-electron chi connectivity index (χ4n) is 4.41. The Balaban J connectivity index is 1.60. The van der Waals surface area contributed by atoms with Crippen molar-refractivity contribution >= 4 is 5.82 Å². The predicted octanol–water partition coefficient (Wildman–Crippen LogP) is 1.70. The van der Waals surface area contributed by atoms with Gasteiger partial charge < -0.3 is 5.73 Å². The molecule has 0 bridgehead atoms. The number of nitrogens with zero attached hydrogens (tertiary/aromatic N) is 7. The minimum Gasteiger partial charge on any atom is -0.378 e. The first-order valence-corrected chi connectivity index (χ1v) is 10.1. The molecular weight excluding hydrogens is 344 g/mol. The lowest BCUT2D eigenvalue weighted by Crippen LogP contribution is -2.36. The molecule has 4 rings (SSSR count). The van der Waals surface area contributed by atoms with E-state index >= 15 is 0 Å². The first kappa shape index (κ1) is 18.4. The number of rotatable bonds is 5. The van der Waals surface area contributed by atoms with Crippen LogP contribution >= 0.6 is 0 Å². The second-order valence-electron chi connectivity index (χ2n) is 8.33. The third-order valence-electron chi connectivity index (χ3n) is 5.77. The average Bonchev–Trinajstić information content (AvgIpc) is 3.21. The van der Waals surface area contributed by atoms with E-state index in [-0.39, 0.29) is 5.82 Å². The van der Waals surface area contributed by atoms with E-state index in [1.165, 1.54) is 25.7 Å². The lowest BCUT2D eigenvalue weighted by molar-refractivity contribution is 0.165.